The fraction of sp³-hybridized carbons (Fsp3) is 0.667. The van der Waals surface area contributed by atoms with Gasteiger partial charge in [0.15, 0.2) is 5.15 Å². The van der Waals surface area contributed by atoms with Gasteiger partial charge in [-0.1, -0.05) is 11.6 Å². The first-order valence-electron chi connectivity index (χ1n) is 6.10. The van der Waals surface area contributed by atoms with Gasteiger partial charge >= 0.3 is 0 Å². The van der Waals surface area contributed by atoms with E-state index in [4.69, 9.17) is 11.6 Å². The quantitative estimate of drug-likeness (QED) is 0.886. The number of nitrogens with one attached hydrogen (secondary N) is 1. The molecule has 1 unspecified atom stereocenters. The van der Waals surface area contributed by atoms with E-state index in [1.807, 2.05) is 0 Å². The van der Waals surface area contributed by atoms with E-state index in [0.717, 1.165) is 37.8 Å². The summed E-state index contributed by atoms with van der Waals surface area (Å²) in [6, 6.07) is 0. The van der Waals surface area contributed by atoms with Crippen LogP contribution in [-0.2, 0) is 6.54 Å². The van der Waals surface area contributed by atoms with E-state index in [1.165, 1.54) is 12.8 Å². The van der Waals surface area contributed by atoms with E-state index in [9.17, 15) is 0 Å². The minimum absolute atomic E-state index is 0.515. The Morgan fingerprint density at radius 1 is 1.47 bits per heavy atom. The number of nitrogens with zero attached hydrogens (tertiary/aromatic N) is 3. The molecule has 0 radical (unpaired) electrons. The summed E-state index contributed by atoms with van der Waals surface area (Å²) >= 11 is 6.00. The number of hydrogen-bond donors (Lipinski definition) is 1. The van der Waals surface area contributed by atoms with Gasteiger partial charge in [-0.2, -0.15) is 0 Å². The van der Waals surface area contributed by atoms with Gasteiger partial charge in [-0.25, -0.2) is 4.98 Å². The van der Waals surface area contributed by atoms with Gasteiger partial charge in [0, 0.05) is 25.5 Å². The molecule has 1 N–H and O–H groups in total. The van der Waals surface area contributed by atoms with Gasteiger partial charge in [-0.15, -0.1) is 0 Å². The molecule has 0 aliphatic carbocycles. The third kappa shape index (κ3) is 3.91. The van der Waals surface area contributed by atoms with E-state index in [0.29, 0.717) is 5.15 Å². The number of piperidine rings is 1. The van der Waals surface area contributed by atoms with Crippen molar-refractivity contribution in [3.8, 4) is 0 Å². The molecule has 1 aliphatic rings. The molecule has 2 rings (SSSR count). The number of hydrogen-bond acceptors (Lipinski definition) is 4. The molecule has 0 saturated carbocycles. The predicted octanol–water partition coefficient (Wildman–Crippen LogP) is 1.56. The molecule has 1 aromatic heterocycles. The number of aromatic nitrogens is 2. The van der Waals surface area contributed by atoms with Gasteiger partial charge < -0.3 is 10.2 Å². The van der Waals surface area contributed by atoms with Crippen LogP contribution in [0, 0.1) is 5.92 Å². The van der Waals surface area contributed by atoms with Gasteiger partial charge in [0.05, 0.1) is 5.69 Å². The molecular weight excluding hydrogens is 236 g/mol. The van der Waals surface area contributed by atoms with Crippen LogP contribution in [0.15, 0.2) is 12.4 Å². The second-order valence-electron chi connectivity index (χ2n) is 4.70. The van der Waals surface area contributed by atoms with E-state index in [2.05, 4.69) is 27.2 Å². The molecule has 1 saturated heterocycles. The SMILES string of the molecule is CN(Cc1nccnc1Cl)CC1CCCNC1. The molecule has 0 spiro atoms. The summed E-state index contributed by atoms with van der Waals surface area (Å²) in [5.74, 6) is 0.740. The van der Waals surface area contributed by atoms with Crippen molar-refractivity contribution in [1.29, 1.82) is 0 Å². The zero-order valence-electron chi connectivity index (χ0n) is 10.2. The minimum atomic E-state index is 0.515. The molecule has 1 aromatic rings. The summed E-state index contributed by atoms with van der Waals surface area (Å²) < 4.78 is 0. The first-order valence-corrected chi connectivity index (χ1v) is 6.48. The van der Waals surface area contributed by atoms with Crippen molar-refractivity contribution in [2.24, 2.45) is 5.92 Å². The maximum atomic E-state index is 6.00. The summed E-state index contributed by atoms with van der Waals surface area (Å²) in [5, 5.41) is 3.95. The Bertz CT molecular complexity index is 352. The van der Waals surface area contributed by atoms with Crippen molar-refractivity contribution < 1.29 is 0 Å². The predicted molar refractivity (Wildman–Crippen MR) is 69.0 cm³/mol. The largest absolute Gasteiger partial charge is 0.316 e. The summed E-state index contributed by atoms with van der Waals surface area (Å²) in [5.41, 5.74) is 0.862. The van der Waals surface area contributed by atoms with Crippen LogP contribution in [0.3, 0.4) is 0 Å². The summed E-state index contributed by atoms with van der Waals surface area (Å²) in [6.45, 7) is 4.14. The Morgan fingerprint density at radius 3 is 3.00 bits per heavy atom. The first kappa shape index (κ1) is 12.7. The van der Waals surface area contributed by atoms with E-state index in [-0.39, 0.29) is 0 Å². The Hall–Kier alpha value is -0.710. The first-order chi connectivity index (χ1) is 8.25. The third-order valence-electron chi connectivity index (χ3n) is 3.11. The molecule has 0 bridgehead atoms. The van der Waals surface area contributed by atoms with Gasteiger partial charge in [0.2, 0.25) is 0 Å². The van der Waals surface area contributed by atoms with Gasteiger partial charge in [0.25, 0.3) is 0 Å². The van der Waals surface area contributed by atoms with Crippen LogP contribution in [0.5, 0.6) is 0 Å². The Labute approximate surface area is 107 Å². The molecular formula is C12H19ClN4. The maximum absolute atomic E-state index is 6.00. The van der Waals surface area contributed by atoms with Crippen molar-refractivity contribution in [3.05, 3.63) is 23.2 Å². The lowest BCUT2D eigenvalue weighted by atomic mass is 9.99. The van der Waals surface area contributed by atoms with Crippen molar-refractivity contribution in [2.75, 3.05) is 26.7 Å². The normalized spacial score (nSPS) is 20.8. The Kier molecular flexibility index (Phi) is 4.71. The molecule has 0 aromatic carbocycles. The highest BCUT2D eigenvalue weighted by Crippen LogP contribution is 2.14. The van der Waals surface area contributed by atoms with Crippen molar-refractivity contribution in [2.45, 2.75) is 19.4 Å². The summed E-state index contributed by atoms with van der Waals surface area (Å²) in [4.78, 5) is 10.6. The summed E-state index contributed by atoms with van der Waals surface area (Å²) in [6.07, 6.45) is 5.91. The lowest BCUT2D eigenvalue weighted by Gasteiger charge is -2.27. The highest BCUT2D eigenvalue weighted by Gasteiger charge is 2.16. The van der Waals surface area contributed by atoms with Crippen LogP contribution >= 0.6 is 11.6 Å². The average Bonchev–Trinajstić information content (AvgIpc) is 2.33. The van der Waals surface area contributed by atoms with Gasteiger partial charge in [0.1, 0.15) is 0 Å². The van der Waals surface area contributed by atoms with Gasteiger partial charge in [-0.05, 0) is 38.9 Å². The van der Waals surface area contributed by atoms with Gasteiger partial charge in [-0.3, -0.25) is 4.98 Å². The lowest BCUT2D eigenvalue weighted by molar-refractivity contribution is 0.235. The third-order valence-corrected chi connectivity index (χ3v) is 3.43. The molecule has 1 fully saturated rings. The molecule has 1 atom stereocenters. The fourth-order valence-corrected chi connectivity index (χ4v) is 2.46. The van der Waals surface area contributed by atoms with Crippen LogP contribution in [0.2, 0.25) is 5.15 Å². The Balaban J connectivity index is 1.84. The molecule has 94 valence electrons. The maximum Gasteiger partial charge on any atom is 0.151 e. The highest BCUT2D eigenvalue weighted by molar-refractivity contribution is 6.29. The molecule has 17 heavy (non-hydrogen) atoms. The molecule has 2 heterocycles. The lowest BCUT2D eigenvalue weighted by Crippen LogP contribution is -2.36. The van der Waals surface area contributed by atoms with Crippen LogP contribution < -0.4 is 5.32 Å². The van der Waals surface area contributed by atoms with Crippen LogP contribution in [-0.4, -0.2) is 41.5 Å². The van der Waals surface area contributed by atoms with Crippen LogP contribution in [0.4, 0.5) is 0 Å². The van der Waals surface area contributed by atoms with E-state index in [1.54, 1.807) is 12.4 Å². The van der Waals surface area contributed by atoms with E-state index < -0.39 is 0 Å². The molecule has 4 nitrogen and oxygen atoms in total. The molecule has 0 amide bonds. The second kappa shape index (κ2) is 6.28. The Morgan fingerprint density at radius 2 is 2.29 bits per heavy atom. The summed E-state index contributed by atoms with van der Waals surface area (Å²) in [7, 11) is 2.11. The topological polar surface area (TPSA) is 41.1 Å². The highest BCUT2D eigenvalue weighted by atomic mass is 35.5. The van der Waals surface area contributed by atoms with Crippen molar-refractivity contribution in [1.82, 2.24) is 20.2 Å². The monoisotopic (exact) mass is 254 g/mol. The number of halogens is 1. The van der Waals surface area contributed by atoms with Crippen molar-refractivity contribution >= 4 is 11.6 Å². The standard InChI is InChI=1S/C12H19ClN4/c1-17(8-10-3-2-4-14-7-10)9-11-12(13)16-6-5-15-11/h5-6,10,14H,2-4,7-9H2,1H3. The van der Waals surface area contributed by atoms with Crippen LogP contribution in [0.1, 0.15) is 18.5 Å². The number of rotatable bonds is 4. The van der Waals surface area contributed by atoms with Crippen molar-refractivity contribution in [3.63, 3.8) is 0 Å². The zero-order chi connectivity index (χ0) is 12.1. The van der Waals surface area contributed by atoms with E-state index >= 15 is 0 Å². The molecule has 1 aliphatic heterocycles. The average molecular weight is 255 g/mol. The fourth-order valence-electron chi connectivity index (χ4n) is 2.30. The minimum Gasteiger partial charge on any atom is -0.316 e. The smallest absolute Gasteiger partial charge is 0.151 e. The molecule has 5 heteroatoms. The van der Waals surface area contributed by atoms with Crippen LogP contribution in [0.25, 0.3) is 0 Å². The second-order valence-corrected chi connectivity index (χ2v) is 5.06. The zero-order valence-corrected chi connectivity index (χ0v) is 11.0.